The van der Waals surface area contributed by atoms with E-state index in [4.69, 9.17) is 10.4 Å². The maximum atomic E-state index is 10.3. The fourth-order valence-corrected chi connectivity index (χ4v) is 0.832. The molecule has 0 saturated carbocycles. The van der Waals surface area contributed by atoms with E-state index in [2.05, 4.69) is 0 Å². The monoisotopic (exact) mass is 156 g/mol. The summed E-state index contributed by atoms with van der Waals surface area (Å²) < 4.78 is 0. The Kier molecular flexibility index (Phi) is 4.23. The number of rotatable bonds is 4. The predicted molar refractivity (Wildman–Crippen MR) is 35.0 cm³/mol. The summed E-state index contributed by atoms with van der Waals surface area (Å²) in [5.41, 5.74) is 0. The van der Waals surface area contributed by atoms with Gasteiger partial charge >= 0.3 is 0 Å². The second-order valence-corrected chi connectivity index (χ2v) is 2.26. The fourth-order valence-electron chi connectivity index (χ4n) is 0.832. The summed E-state index contributed by atoms with van der Waals surface area (Å²) >= 11 is 0. The Morgan fingerprint density at radius 2 is 2.36 bits per heavy atom. The van der Waals surface area contributed by atoms with Crippen LogP contribution in [0.25, 0.3) is 0 Å². The van der Waals surface area contributed by atoms with Crippen LogP contribution < -0.4 is 5.11 Å². The highest BCUT2D eigenvalue weighted by molar-refractivity contribution is 5.68. The van der Waals surface area contributed by atoms with Crippen LogP contribution in [0.15, 0.2) is 0 Å². The lowest BCUT2D eigenvalue weighted by atomic mass is 9.98. The van der Waals surface area contributed by atoms with E-state index in [0.29, 0.717) is 0 Å². The minimum absolute atomic E-state index is 0.160. The molecule has 0 rings (SSSR count). The van der Waals surface area contributed by atoms with Gasteiger partial charge in [0, 0.05) is 11.9 Å². The first kappa shape index (κ1) is 9.92. The third-order valence-corrected chi connectivity index (χ3v) is 1.51. The zero-order valence-electron chi connectivity index (χ0n) is 6.28. The number of hydrogen-bond donors (Lipinski definition) is 1. The van der Waals surface area contributed by atoms with Crippen molar-refractivity contribution in [1.82, 2.24) is 0 Å². The maximum absolute atomic E-state index is 10.3. The molecule has 0 aromatic rings. The van der Waals surface area contributed by atoms with Crippen molar-refractivity contribution in [2.24, 2.45) is 5.92 Å². The summed E-state index contributed by atoms with van der Waals surface area (Å²) in [6.07, 6.45) is -0.979. The Bertz CT molecular complexity index is 173. The number of carboxylic acid groups (broad SMARTS) is 1. The number of hydrogen-bond acceptors (Lipinski definition) is 4. The molecule has 0 saturated heterocycles. The fraction of sp³-hybridized carbons (Fsp3) is 0.714. The number of nitrogens with zero attached hydrogens (tertiary/aromatic N) is 1. The summed E-state index contributed by atoms with van der Waals surface area (Å²) in [4.78, 5) is 10.3. The average Bonchev–Trinajstić information content (AvgIpc) is 1.88. The van der Waals surface area contributed by atoms with Crippen LogP contribution >= 0.6 is 0 Å². The molecule has 0 radical (unpaired) electrons. The summed E-state index contributed by atoms with van der Waals surface area (Å²) in [7, 11) is 0. The van der Waals surface area contributed by atoms with Crippen molar-refractivity contribution in [3.05, 3.63) is 0 Å². The third kappa shape index (κ3) is 3.01. The van der Waals surface area contributed by atoms with Gasteiger partial charge in [-0.05, 0) is 6.42 Å². The molecule has 0 heterocycles. The molecule has 1 N–H and O–H groups in total. The molecule has 4 heteroatoms. The molecule has 0 aromatic carbocycles. The third-order valence-electron chi connectivity index (χ3n) is 1.51. The molecule has 0 bridgehead atoms. The smallest absolute Gasteiger partial charge is 0.0750 e. The van der Waals surface area contributed by atoms with E-state index < -0.39 is 18.0 Å². The van der Waals surface area contributed by atoms with Crippen LogP contribution in [0.1, 0.15) is 19.8 Å². The average molecular weight is 156 g/mol. The minimum Gasteiger partial charge on any atom is -0.550 e. The second kappa shape index (κ2) is 4.69. The van der Waals surface area contributed by atoms with Gasteiger partial charge < -0.3 is 15.0 Å². The quantitative estimate of drug-likeness (QED) is 0.568. The van der Waals surface area contributed by atoms with Gasteiger partial charge in [-0.25, -0.2) is 0 Å². The normalized spacial score (nSPS) is 15.0. The first-order valence-electron chi connectivity index (χ1n) is 3.39. The maximum Gasteiger partial charge on any atom is 0.0750 e. The summed E-state index contributed by atoms with van der Waals surface area (Å²) in [5, 5.41) is 27.4. The van der Waals surface area contributed by atoms with E-state index in [-0.39, 0.29) is 12.8 Å². The Morgan fingerprint density at radius 1 is 1.82 bits per heavy atom. The predicted octanol–water partition coefficient (Wildman–Crippen LogP) is -0.963. The van der Waals surface area contributed by atoms with Crippen molar-refractivity contribution in [3.63, 3.8) is 0 Å². The summed E-state index contributed by atoms with van der Waals surface area (Å²) in [6, 6.07) is 1.70. The molecule has 2 atom stereocenters. The van der Waals surface area contributed by atoms with Crippen LogP contribution in [-0.2, 0) is 4.79 Å². The van der Waals surface area contributed by atoms with Crippen LogP contribution in [0.3, 0.4) is 0 Å². The van der Waals surface area contributed by atoms with Crippen molar-refractivity contribution < 1.29 is 15.0 Å². The van der Waals surface area contributed by atoms with Crippen molar-refractivity contribution in [3.8, 4) is 6.07 Å². The van der Waals surface area contributed by atoms with Crippen LogP contribution in [-0.4, -0.2) is 17.2 Å². The van der Waals surface area contributed by atoms with Gasteiger partial charge in [-0.3, -0.25) is 0 Å². The van der Waals surface area contributed by atoms with Crippen molar-refractivity contribution in [2.75, 3.05) is 0 Å². The van der Waals surface area contributed by atoms with Crippen LogP contribution in [0.2, 0.25) is 0 Å². The highest BCUT2D eigenvalue weighted by Crippen LogP contribution is 2.09. The number of carboxylic acids is 1. The molecule has 0 aromatic heterocycles. The zero-order valence-corrected chi connectivity index (χ0v) is 6.28. The van der Waals surface area contributed by atoms with Gasteiger partial charge in [0.15, 0.2) is 0 Å². The topological polar surface area (TPSA) is 84.2 Å². The lowest BCUT2D eigenvalue weighted by molar-refractivity contribution is -0.314. The standard InChI is InChI=1S/C7H11NO3/c1-2-5(7(10)11)6(9)3-4-8/h5-6,9H,2-3H2,1H3,(H,10,11)/p-1. The van der Waals surface area contributed by atoms with Crippen LogP contribution in [0.4, 0.5) is 0 Å². The van der Waals surface area contributed by atoms with Gasteiger partial charge in [-0.15, -0.1) is 0 Å². The van der Waals surface area contributed by atoms with E-state index >= 15 is 0 Å². The molecule has 0 aliphatic rings. The van der Waals surface area contributed by atoms with Gasteiger partial charge in [0.1, 0.15) is 0 Å². The molecule has 0 aliphatic heterocycles. The van der Waals surface area contributed by atoms with E-state index in [1.807, 2.05) is 0 Å². The molecule has 2 unspecified atom stereocenters. The van der Waals surface area contributed by atoms with Gasteiger partial charge in [0.05, 0.1) is 18.6 Å². The van der Waals surface area contributed by atoms with E-state index in [1.54, 1.807) is 13.0 Å². The van der Waals surface area contributed by atoms with E-state index in [1.165, 1.54) is 0 Å². The van der Waals surface area contributed by atoms with Crippen molar-refractivity contribution >= 4 is 5.97 Å². The molecule has 11 heavy (non-hydrogen) atoms. The first-order valence-corrected chi connectivity index (χ1v) is 3.39. The molecule has 4 nitrogen and oxygen atoms in total. The summed E-state index contributed by atoms with van der Waals surface area (Å²) in [5.74, 6) is -2.22. The Hall–Kier alpha value is -1.08. The number of aliphatic hydroxyl groups is 1. The van der Waals surface area contributed by atoms with Gasteiger partial charge in [0.25, 0.3) is 0 Å². The second-order valence-electron chi connectivity index (χ2n) is 2.26. The summed E-state index contributed by atoms with van der Waals surface area (Å²) in [6.45, 7) is 1.63. The minimum atomic E-state index is -1.30. The van der Waals surface area contributed by atoms with Gasteiger partial charge in [0.2, 0.25) is 0 Å². The molecular weight excluding hydrogens is 146 g/mol. The lowest BCUT2D eigenvalue weighted by Crippen LogP contribution is -2.38. The van der Waals surface area contributed by atoms with Crippen LogP contribution in [0, 0.1) is 17.2 Å². The molecule has 62 valence electrons. The lowest BCUT2D eigenvalue weighted by Gasteiger charge is -2.19. The first-order chi connectivity index (χ1) is 5.13. The van der Waals surface area contributed by atoms with Crippen molar-refractivity contribution in [1.29, 1.82) is 5.26 Å². The highest BCUT2D eigenvalue weighted by Gasteiger charge is 2.17. The highest BCUT2D eigenvalue weighted by atomic mass is 16.4. The van der Waals surface area contributed by atoms with Crippen LogP contribution in [0.5, 0.6) is 0 Å². The van der Waals surface area contributed by atoms with Gasteiger partial charge in [-0.2, -0.15) is 5.26 Å². The Balaban J connectivity index is 4.04. The number of aliphatic hydroxyl groups excluding tert-OH is 1. The molecule has 0 amide bonds. The Morgan fingerprint density at radius 3 is 2.64 bits per heavy atom. The molecule has 0 aliphatic carbocycles. The van der Waals surface area contributed by atoms with Gasteiger partial charge in [-0.1, -0.05) is 6.92 Å². The number of carbonyl (C=O) groups excluding carboxylic acids is 1. The number of aliphatic carboxylic acids is 1. The number of nitriles is 1. The molecule has 0 spiro atoms. The Labute approximate surface area is 65.1 Å². The SMILES string of the molecule is CCC(C(=O)[O-])C(O)CC#N. The number of carbonyl (C=O) groups is 1. The van der Waals surface area contributed by atoms with E-state index in [0.717, 1.165) is 0 Å². The zero-order chi connectivity index (χ0) is 8.85. The van der Waals surface area contributed by atoms with E-state index in [9.17, 15) is 9.90 Å². The largest absolute Gasteiger partial charge is 0.550 e. The van der Waals surface area contributed by atoms with Crippen molar-refractivity contribution in [2.45, 2.75) is 25.9 Å². The molecule has 0 fully saturated rings. The molecular formula is C7H10NO3-.